The van der Waals surface area contributed by atoms with Crippen molar-refractivity contribution in [2.45, 2.75) is 59.5 Å². The van der Waals surface area contributed by atoms with E-state index in [9.17, 15) is 0 Å². The lowest BCUT2D eigenvalue weighted by atomic mass is 9.98. The van der Waals surface area contributed by atoms with Gasteiger partial charge in [0.25, 0.3) is 0 Å². The molecule has 0 aliphatic heterocycles. The van der Waals surface area contributed by atoms with Gasteiger partial charge in [-0.05, 0) is 48.4 Å². The van der Waals surface area contributed by atoms with Crippen molar-refractivity contribution in [1.82, 2.24) is 0 Å². The second-order valence-electron chi connectivity index (χ2n) is 7.61. The molecule has 0 amide bonds. The van der Waals surface area contributed by atoms with Gasteiger partial charge in [-0.25, -0.2) is 0 Å². The number of para-hydroxylation sites is 1. The van der Waals surface area contributed by atoms with E-state index in [0.717, 1.165) is 43.2 Å². The lowest BCUT2D eigenvalue weighted by Crippen LogP contribution is -2.26. The third kappa shape index (κ3) is 6.82. The van der Waals surface area contributed by atoms with Gasteiger partial charge in [-0.15, -0.1) is 0 Å². The summed E-state index contributed by atoms with van der Waals surface area (Å²) >= 11 is 0. The predicted molar refractivity (Wildman–Crippen MR) is 115 cm³/mol. The molecular formula is C24H35NO2. The van der Waals surface area contributed by atoms with Crippen molar-refractivity contribution in [1.29, 1.82) is 0 Å². The molecule has 0 radical (unpaired) electrons. The first-order valence-electron chi connectivity index (χ1n) is 10.3. The van der Waals surface area contributed by atoms with Gasteiger partial charge in [-0.1, -0.05) is 58.9 Å². The van der Waals surface area contributed by atoms with Crippen molar-refractivity contribution in [3.63, 3.8) is 0 Å². The fourth-order valence-electron chi connectivity index (χ4n) is 2.85. The second-order valence-corrected chi connectivity index (χ2v) is 7.61. The molecule has 0 aliphatic rings. The van der Waals surface area contributed by atoms with Crippen molar-refractivity contribution >= 4 is 5.69 Å². The summed E-state index contributed by atoms with van der Waals surface area (Å²) in [4.78, 5) is 0. The first kappa shape index (κ1) is 21.1. The highest BCUT2D eigenvalue weighted by Gasteiger charge is 2.14. The van der Waals surface area contributed by atoms with Gasteiger partial charge < -0.3 is 14.8 Å². The molecule has 3 nitrogen and oxygen atoms in total. The van der Waals surface area contributed by atoms with E-state index in [1.54, 1.807) is 0 Å². The smallest absolute Gasteiger partial charge is 0.123 e. The second kappa shape index (κ2) is 10.9. The number of nitrogens with one attached hydrogen (secondary N) is 1. The molecule has 2 aromatic rings. The summed E-state index contributed by atoms with van der Waals surface area (Å²) in [6.45, 7) is 12.4. The van der Waals surface area contributed by atoms with Gasteiger partial charge in [-0.2, -0.15) is 0 Å². The first-order valence-corrected chi connectivity index (χ1v) is 10.3. The number of anilines is 1. The van der Waals surface area contributed by atoms with Gasteiger partial charge in [0.1, 0.15) is 17.6 Å². The van der Waals surface area contributed by atoms with Crippen molar-refractivity contribution < 1.29 is 9.47 Å². The molecule has 0 fully saturated rings. The van der Waals surface area contributed by atoms with Crippen LogP contribution in [-0.2, 0) is 0 Å². The monoisotopic (exact) mass is 369 g/mol. The number of hydrogen-bond donors (Lipinski definition) is 1. The van der Waals surface area contributed by atoms with Gasteiger partial charge in [0.2, 0.25) is 0 Å². The number of hydrogen-bond acceptors (Lipinski definition) is 3. The Bertz CT molecular complexity index is 684. The van der Waals surface area contributed by atoms with Crippen LogP contribution in [0.25, 0.3) is 0 Å². The van der Waals surface area contributed by atoms with Crippen LogP contribution in [0.4, 0.5) is 5.69 Å². The van der Waals surface area contributed by atoms with Crippen LogP contribution in [0.5, 0.6) is 11.5 Å². The number of ether oxygens (including phenoxy) is 2. The highest BCUT2D eigenvalue weighted by Crippen LogP contribution is 2.29. The highest BCUT2D eigenvalue weighted by molar-refractivity contribution is 5.48. The molecule has 0 aromatic heterocycles. The van der Waals surface area contributed by atoms with Crippen LogP contribution in [0.2, 0.25) is 0 Å². The van der Waals surface area contributed by atoms with Crippen LogP contribution in [0.15, 0.2) is 48.5 Å². The minimum absolute atomic E-state index is 0.121. The van der Waals surface area contributed by atoms with Crippen molar-refractivity contribution in [2.24, 2.45) is 5.92 Å². The minimum atomic E-state index is 0.121. The zero-order chi connectivity index (χ0) is 19.6. The maximum Gasteiger partial charge on any atom is 0.123 e. The fourth-order valence-corrected chi connectivity index (χ4v) is 2.85. The molecule has 2 rings (SSSR count). The SMILES string of the molecule is CC[C@@H](CNc1cccc(OCC(C)C)c1)Oc1ccccc1[C@@H](C)CC. The maximum atomic E-state index is 6.35. The number of rotatable bonds is 11. The lowest BCUT2D eigenvalue weighted by Gasteiger charge is -2.22. The summed E-state index contributed by atoms with van der Waals surface area (Å²) in [6.07, 6.45) is 2.18. The van der Waals surface area contributed by atoms with Gasteiger partial charge in [0.05, 0.1) is 13.2 Å². The van der Waals surface area contributed by atoms with E-state index in [1.807, 2.05) is 12.1 Å². The van der Waals surface area contributed by atoms with Crippen LogP contribution in [0.3, 0.4) is 0 Å². The van der Waals surface area contributed by atoms with E-state index in [0.29, 0.717) is 11.8 Å². The molecular weight excluding hydrogens is 334 g/mol. The molecule has 0 saturated carbocycles. The van der Waals surface area contributed by atoms with E-state index >= 15 is 0 Å². The number of benzene rings is 2. The average Bonchev–Trinajstić information content (AvgIpc) is 2.69. The molecule has 1 N–H and O–H groups in total. The molecule has 0 aliphatic carbocycles. The summed E-state index contributed by atoms with van der Waals surface area (Å²) in [6, 6.07) is 16.6. The van der Waals surface area contributed by atoms with Crippen molar-refractivity contribution in [2.75, 3.05) is 18.5 Å². The third-order valence-corrected chi connectivity index (χ3v) is 4.76. The standard InChI is InChI=1S/C24H35NO2/c1-6-19(5)23-13-8-9-14-24(23)27-21(7-2)16-25-20-11-10-12-22(15-20)26-17-18(3)4/h8-15,18-19,21,25H,6-7,16-17H2,1-5H3/t19-,21-/m0/s1. The van der Waals surface area contributed by atoms with Gasteiger partial charge >= 0.3 is 0 Å². The van der Waals surface area contributed by atoms with E-state index < -0.39 is 0 Å². The largest absolute Gasteiger partial charge is 0.493 e. The predicted octanol–water partition coefficient (Wildman–Crippen LogP) is 6.50. The van der Waals surface area contributed by atoms with Crippen LogP contribution in [0.1, 0.15) is 58.9 Å². The molecule has 0 spiro atoms. The van der Waals surface area contributed by atoms with E-state index in [1.165, 1.54) is 5.56 Å². The van der Waals surface area contributed by atoms with Gasteiger partial charge in [0, 0.05) is 11.8 Å². The third-order valence-electron chi connectivity index (χ3n) is 4.76. The highest BCUT2D eigenvalue weighted by atomic mass is 16.5. The Labute approximate surface area is 165 Å². The van der Waals surface area contributed by atoms with Crippen molar-refractivity contribution in [3.8, 4) is 11.5 Å². The summed E-state index contributed by atoms with van der Waals surface area (Å²) in [5, 5.41) is 3.50. The molecule has 0 heterocycles. The molecule has 0 bridgehead atoms. The Kier molecular flexibility index (Phi) is 8.50. The van der Waals surface area contributed by atoms with Crippen LogP contribution < -0.4 is 14.8 Å². The Morgan fingerprint density at radius 1 is 0.926 bits per heavy atom. The van der Waals surface area contributed by atoms with Gasteiger partial charge in [-0.3, -0.25) is 0 Å². The topological polar surface area (TPSA) is 30.5 Å². The summed E-state index contributed by atoms with van der Waals surface area (Å²) in [7, 11) is 0. The molecule has 148 valence electrons. The van der Waals surface area contributed by atoms with E-state index in [-0.39, 0.29) is 6.10 Å². The Hall–Kier alpha value is -2.16. The van der Waals surface area contributed by atoms with E-state index in [2.05, 4.69) is 76.3 Å². The Morgan fingerprint density at radius 2 is 1.70 bits per heavy atom. The normalized spacial score (nSPS) is 13.3. The Balaban J connectivity index is 1.97. The fraction of sp³-hybridized carbons (Fsp3) is 0.500. The molecule has 2 atom stereocenters. The molecule has 27 heavy (non-hydrogen) atoms. The molecule has 3 heteroatoms. The summed E-state index contributed by atoms with van der Waals surface area (Å²) in [5.74, 6) is 2.94. The zero-order valence-electron chi connectivity index (χ0n) is 17.5. The molecule has 0 saturated heterocycles. The molecule has 0 unspecified atom stereocenters. The van der Waals surface area contributed by atoms with E-state index in [4.69, 9.17) is 9.47 Å². The van der Waals surface area contributed by atoms with Crippen LogP contribution in [0, 0.1) is 5.92 Å². The summed E-state index contributed by atoms with van der Waals surface area (Å²) < 4.78 is 12.2. The lowest BCUT2D eigenvalue weighted by molar-refractivity contribution is 0.207. The first-order chi connectivity index (χ1) is 13.0. The maximum absolute atomic E-state index is 6.35. The quantitative estimate of drug-likeness (QED) is 0.490. The minimum Gasteiger partial charge on any atom is -0.493 e. The summed E-state index contributed by atoms with van der Waals surface area (Å²) in [5.41, 5.74) is 2.36. The zero-order valence-corrected chi connectivity index (χ0v) is 17.5. The average molecular weight is 370 g/mol. The van der Waals surface area contributed by atoms with Crippen LogP contribution >= 0.6 is 0 Å². The van der Waals surface area contributed by atoms with Gasteiger partial charge in [0.15, 0.2) is 0 Å². The van der Waals surface area contributed by atoms with Crippen LogP contribution in [-0.4, -0.2) is 19.3 Å². The Morgan fingerprint density at radius 3 is 2.41 bits per heavy atom. The molecule has 2 aromatic carbocycles. The van der Waals surface area contributed by atoms with Crippen molar-refractivity contribution in [3.05, 3.63) is 54.1 Å².